The first-order chi connectivity index (χ1) is 17.8. The van der Waals surface area contributed by atoms with Gasteiger partial charge in [-0.05, 0) is 50.7 Å². The third kappa shape index (κ3) is 5.00. The van der Waals surface area contributed by atoms with Crippen LogP contribution in [0.15, 0.2) is 12.1 Å². The Morgan fingerprint density at radius 3 is 2.45 bits per heavy atom. The maximum Gasteiger partial charge on any atom is 0.394 e. The quantitative estimate of drug-likeness (QED) is 0.352. The number of nitrogens with one attached hydrogen (secondary N) is 1. The molecule has 1 aliphatic heterocycles. The van der Waals surface area contributed by atoms with Crippen LogP contribution < -0.4 is 16.8 Å². The number of fused-ring (bicyclic) bond motifs is 1. The highest BCUT2D eigenvalue weighted by atomic mass is 19.4. The van der Waals surface area contributed by atoms with E-state index in [2.05, 4.69) is 10.3 Å². The Bertz CT molecular complexity index is 1090. The van der Waals surface area contributed by atoms with Gasteiger partial charge >= 0.3 is 18.1 Å². The minimum absolute atomic E-state index is 0.0715. The van der Waals surface area contributed by atoms with Crippen molar-refractivity contribution in [1.29, 1.82) is 0 Å². The molecule has 12 heteroatoms. The lowest BCUT2D eigenvalue weighted by atomic mass is 9.75. The number of hydrogen-bond donors (Lipinski definition) is 4. The summed E-state index contributed by atoms with van der Waals surface area (Å²) in [4.78, 5) is 43.4. The van der Waals surface area contributed by atoms with E-state index in [1.165, 1.54) is 0 Å². The Balaban J connectivity index is 1.85. The monoisotopic (exact) mass is 540 g/mol. The molecular weight excluding hydrogens is 503 g/mol. The average Bonchev–Trinajstić information content (AvgIpc) is 3.60. The van der Waals surface area contributed by atoms with Crippen molar-refractivity contribution in [3.8, 4) is 0 Å². The van der Waals surface area contributed by atoms with Gasteiger partial charge < -0.3 is 16.6 Å². The minimum Gasteiger partial charge on any atom is -0.480 e. The van der Waals surface area contributed by atoms with Crippen LogP contribution in [0.2, 0.25) is 0 Å². The number of aryl methyl sites for hydroxylation is 1. The molecule has 4 rings (SSSR count). The van der Waals surface area contributed by atoms with E-state index in [-0.39, 0.29) is 24.8 Å². The number of carboxylic acid groups (broad SMARTS) is 1. The Labute approximate surface area is 219 Å². The predicted octanol–water partition coefficient (Wildman–Crippen LogP) is 2.66. The highest BCUT2D eigenvalue weighted by molar-refractivity contribution is 5.91. The highest BCUT2D eigenvalue weighted by Gasteiger charge is 2.77. The van der Waals surface area contributed by atoms with Gasteiger partial charge in [-0.3, -0.25) is 14.9 Å². The number of anilines is 1. The second-order valence-electron chi connectivity index (χ2n) is 11.2. The van der Waals surface area contributed by atoms with Gasteiger partial charge in [-0.15, -0.1) is 0 Å². The molecule has 5 atom stereocenters. The molecule has 1 aromatic heterocycles. The molecule has 0 spiro atoms. The van der Waals surface area contributed by atoms with Gasteiger partial charge in [-0.25, -0.2) is 14.3 Å². The van der Waals surface area contributed by atoms with Crippen molar-refractivity contribution < 1.29 is 37.1 Å². The number of carboxylic acids is 1. The van der Waals surface area contributed by atoms with Crippen LogP contribution in [-0.4, -0.2) is 63.2 Å². The summed E-state index contributed by atoms with van der Waals surface area (Å²) in [6.07, 6.45) is -0.636. The van der Waals surface area contributed by atoms with E-state index >= 15 is 0 Å². The average molecular weight is 541 g/mol. The number of aromatic nitrogens is 1. The fourth-order valence-electron chi connectivity index (χ4n) is 7.23. The molecule has 0 radical (unpaired) electrons. The number of carbonyl (C=O) groups excluding carboxylic acids is 2. The Morgan fingerprint density at radius 2 is 1.87 bits per heavy atom. The lowest BCUT2D eigenvalue weighted by Gasteiger charge is -2.48. The van der Waals surface area contributed by atoms with Gasteiger partial charge in [-0.1, -0.05) is 19.3 Å². The minimum atomic E-state index is -4.75. The standard InChI is InChI=1S/C26H36F3N5O4/c1-15-17(9-10-19(30)33-15)14-34(11-5-8-18-12-25(18,34)24(31)38)23(37)22(32-13-20(35)36)21(26(27,28)29)16-6-3-2-4-7-16/h9-10,16,18,21-22,32H,2-8,11-14H2,1H3,(H4-,30,31,33,35,36,38)/p+1/t18-,21+,22-,25+,34?/m1/s1. The number of piperidine rings is 1. The van der Waals surface area contributed by atoms with E-state index in [1.807, 2.05) is 0 Å². The van der Waals surface area contributed by atoms with Gasteiger partial charge in [0.1, 0.15) is 18.4 Å². The molecule has 1 saturated heterocycles. The van der Waals surface area contributed by atoms with Crippen molar-refractivity contribution in [2.45, 2.75) is 82.6 Å². The number of carbonyl (C=O) groups is 3. The molecule has 3 aliphatic rings. The predicted molar refractivity (Wildman–Crippen MR) is 132 cm³/mol. The Kier molecular flexibility index (Phi) is 7.77. The third-order valence-electron chi connectivity index (χ3n) is 9.07. The smallest absolute Gasteiger partial charge is 0.394 e. The van der Waals surface area contributed by atoms with Crippen LogP contribution in [0.5, 0.6) is 0 Å². The Morgan fingerprint density at radius 1 is 1.18 bits per heavy atom. The molecule has 2 saturated carbocycles. The summed E-state index contributed by atoms with van der Waals surface area (Å²) in [5.74, 6) is -5.79. The molecule has 2 heterocycles. The van der Waals surface area contributed by atoms with Crippen LogP contribution in [0.1, 0.15) is 62.6 Å². The van der Waals surface area contributed by atoms with E-state index in [0.29, 0.717) is 56.2 Å². The lowest BCUT2D eigenvalue weighted by Crippen LogP contribution is -2.72. The maximum atomic E-state index is 14.8. The number of quaternary nitrogens is 1. The van der Waals surface area contributed by atoms with Gasteiger partial charge in [0, 0.05) is 23.6 Å². The number of nitrogens with zero attached hydrogens (tertiary/aromatic N) is 2. The van der Waals surface area contributed by atoms with Crippen LogP contribution in [0.4, 0.5) is 19.0 Å². The zero-order chi connectivity index (χ0) is 27.9. The fourth-order valence-corrected chi connectivity index (χ4v) is 7.23. The van der Waals surface area contributed by atoms with E-state index in [1.54, 1.807) is 19.1 Å². The molecule has 1 aromatic rings. The first kappa shape index (κ1) is 28.3. The van der Waals surface area contributed by atoms with E-state index < -0.39 is 58.4 Å². The first-order valence-electron chi connectivity index (χ1n) is 13.3. The molecule has 0 bridgehead atoms. The summed E-state index contributed by atoms with van der Waals surface area (Å²) < 4.78 is 43.7. The summed E-state index contributed by atoms with van der Waals surface area (Å²) in [5.41, 5.74) is 11.5. The van der Waals surface area contributed by atoms with E-state index in [9.17, 15) is 32.7 Å². The van der Waals surface area contributed by atoms with Crippen LogP contribution in [-0.2, 0) is 20.9 Å². The number of hydrogen-bond acceptors (Lipinski definition) is 6. The first-order valence-corrected chi connectivity index (χ1v) is 13.3. The van der Waals surface area contributed by atoms with Crippen molar-refractivity contribution in [1.82, 2.24) is 10.3 Å². The SMILES string of the molecule is Cc1nc(N)ccc1C[N+]1(C(=O)[C@H](NCC(=O)O)[C@H](C2CCCCC2)C(F)(F)F)CCC[C@@H]2C[C@@]21C(N)=O. The molecule has 3 fully saturated rings. The number of pyridine rings is 1. The van der Waals surface area contributed by atoms with Gasteiger partial charge in [0.2, 0.25) is 0 Å². The molecule has 2 aliphatic carbocycles. The summed E-state index contributed by atoms with van der Waals surface area (Å²) in [5, 5.41) is 11.8. The number of likely N-dealkylation sites (tertiary alicyclic amines) is 1. The van der Waals surface area contributed by atoms with Crippen molar-refractivity contribution in [2.24, 2.45) is 23.5 Å². The van der Waals surface area contributed by atoms with Crippen molar-refractivity contribution in [3.63, 3.8) is 0 Å². The van der Waals surface area contributed by atoms with Crippen LogP contribution in [0.25, 0.3) is 0 Å². The van der Waals surface area contributed by atoms with Crippen molar-refractivity contribution in [2.75, 3.05) is 18.8 Å². The third-order valence-corrected chi connectivity index (χ3v) is 9.07. The topological polar surface area (TPSA) is 148 Å². The van der Waals surface area contributed by atoms with Gasteiger partial charge in [0.05, 0.1) is 19.0 Å². The van der Waals surface area contributed by atoms with Crippen LogP contribution in [0, 0.1) is 24.7 Å². The normalized spacial score (nSPS) is 29.2. The molecular formula is C26H37F3N5O4+. The molecule has 1 unspecified atom stereocenters. The number of halogens is 3. The maximum absolute atomic E-state index is 14.8. The highest BCUT2D eigenvalue weighted by Crippen LogP contribution is 2.59. The second kappa shape index (κ2) is 10.4. The van der Waals surface area contributed by atoms with Crippen LogP contribution >= 0.6 is 0 Å². The number of rotatable bonds is 9. The number of primary amides is 1. The molecule has 0 aromatic carbocycles. The number of nitrogens with two attached hydrogens (primary N) is 2. The summed E-state index contributed by atoms with van der Waals surface area (Å²) in [6, 6.07) is 1.38. The number of aliphatic carboxylic acids is 1. The lowest BCUT2D eigenvalue weighted by molar-refractivity contribution is -0.900. The molecule has 9 nitrogen and oxygen atoms in total. The molecule has 210 valence electrons. The number of nitrogen functional groups attached to an aromatic ring is 1. The Hall–Kier alpha value is -2.73. The van der Waals surface area contributed by atoms with Gasteiger partial charge in [0.15, 0.2) is 5.54 Å². The molecule has 38 heavy (non-hydrogen) atoms. The fraction of sp³-hybridized carbons (Fsp3) is 0.692. The van der Waals surface area contributed by atoms with Crippen molar-refractivity contribution >= 4 is 23.6 Å². The number of alkyl halides is 3. The number of amides is 2. The molecule has 6 N–H and O–H groups in total. The summed E-state index contributed by atoms with van der Waals surface area (Å²) >= 11 is 0. The van der Waals surface area contributed by atoms with E-state index in [4.69, 9.17) is 11.5 Å². The van der Waals surface area contributed by atoms with E-state index in [0.717, 1.165) is 6.42 Å². The molecule has 2 amide bonds. The van der Waals surface area contributed by atoms with Gasteiger partial charge in [0.25, 0.3) is 5.91 Å². The van der Waals surface area contributed by atoms with Crippen molar-refractivity contribution in [3.05, 3.63) is 23.4 Å². The zero-order valence-electron chi connectivity index (χ0n) is 21.6. The largest absolute Gasteiger partial charge is 0.480 e. The zero-order valence-corrected chi connectivity index (χ0v) is 21.6. The summed E-state index contributed by atoms with van der Waals surface area (Å²) in [6.45, 7) is 0.935. The van der Waals surface area contributed by atoms with Gasteiger partial charge in [-0.2, -0.15) is 13.2 Å². The summed E-state index contributed by atoms with van der Waals surface area (Å²) in [7, 11) is 0. The second-order valence-corrected chi connectivity index (χ2v) is 11.2. The van der Waals surface area contributed by atoms with Crippen LogP contribution in [0.3, 0.4) is 0 Å².